The molecule has 0 amide bonds. The number of Topliss-reactive ketones (excluding diaryl/α,β-unsaturated/α-hetero) is 1. The minimum atomic E-state index is -1.49. The topological polar surface area (TPSA) is 130 Å². The van der Waals surface area contributed by atoms with E-state index in [9.17, 15) is 33.6 Å². The van der Waals surface area contributed by atoms with E-state index in [2.05, 4.69) is 4.99 Å². The number of nitrogens with zero attached hydrogens (tertiary/aromatic N) is 2. The van der Waals surface area contributed by atoms with Crippen molar-refractivity contribution in [1.82, 2.24) is 0 Å². The number of carbonyl (C=O) groups is 2. The Morgan fingerprint density at radius 1 is 1.12 bits per heavy atom. The number of aromatic carboxylic acids is 1. The van der Waals surface area contributed by atoms with Crippen molar-refractivity contribution in [3.8, 4) is 16.2 Å². The smallest absolute Gasteiger partial charge is 0.342 e. The maximum absolute atomic E-state index is 13.5. The maximum Gasteiger partial charge on any atom is 0.342 e. The number of carboxylic acids is 1. The second-order valence-electron chi connectivity index (χ2n) is 6.58. The first kappa shape index (κ1) is 22.7. The number of carboxylic acid groups (broad SMARTS) is 1. The highest BCUT2D eigenvalue weighted by Gasteiger charge is 2.22. The summed E-state index contributed by atoms with van der Waals surface area (Å²) in [6.07, 6.45) is 0. The Kier molecular flexibility index (Phi) is 6.40. The first-order valence-electron chi connectivity index (χ1n) is 8.92. The van der Waals surface area contributed by atoms with Crippen LogP contribution in [0.4, 0.5) is 14.5 Å². The van der Waals surface area contributed by atoms with Crippen LogP contribution >= 0.6 is 11.3 Å². The number of carbonyl (C=O) groups excluding carboxylic acids is 1. The van der Waals surface area contributed by atoms with Crippen LogP contribution in [0.5, 0.6) is 5.75 Å². The molecule has 32 heavy (non-hydrogen) atoms. The largest absolute Gasteiger partial charge is 0.506 e. The minimum Gasteiger partial charge on any atom is -0.506 e. The van der Waals surface area contributed by atoms with E-state index in [1.165, 1.54) is 13.0 Å². The summed E-state index contributed by atoms with van der Waals surface area (Å²) in [6, 6.07) is 6.22. The summed E-state index contributed by atoms with van der Waals surface area (Å²) in [7, 11) is 0. The van der Waals surface area contributed by atoms with Gasteiger partial charge in [-0.1, -0.05) is 6.07 Å². The van der Waals surface area contributed by atoms with Gasteiger partial charge in [-0.15, -0.1) is 11.3 Å². The molecule has 0 aliphatic rings. The van der Waals surface area contributed by atoms with E-state index in [1.54, 1.807) is 5.38 Å². The summed E-state index contributed by atoms with van der Waals surface area (Å²) in [5.41, 5.74) is -0.509. The van der Waals surface area contributed by atoms with Crippen molar-refractivity contribution in [3.05, 3.63) is 80.2 Å². The van der Waals surface area contributed by atoms with E-state index < -0.39 is 46.1 Å². The van der Waals surface area contributed by atoms with E-state index in [-0.39, 0.29) is 28.2 Å². The molecule has 0 fully saturated rings. The van der Waals surface area contributed by atoms with Crippen LogP contribution in [0.1, 0.15) is 33.2 Å². The fraction of sp³-hybridized carbons (Fsp3) is 0.0952. The molecule has 1 heterocycles. The monoisotopic (exact) mass is 460 g/mol. The van der Waals surface area contributed by atoms with Crippen LogP contribution in [-0.4, -0.2) is 39.1 Å². The van der Waals surface area contributed by atoms with Gasteiger partial charge in [0.15, 0.2) is 17.4 Å². The Bertz CT molecular complexity index is 1290. The van der Waals surface area contributed by atoms with Gasteiger partial charge < -0.3 is 10.2 Å². The number of aliphatic imine (C=N–C) groups is 1. The highest BCUT2D eigenvalue weighted by molar-refractivity contribution is 7.14. The van der Waals surface area contributed by atoms with Crippen molar-refractivity contribution in [2.75, 3.05) is 6.54 Å². The molecule has 11 heteroatoms. The van der Waals surface area contributed by atoms with Crippen LogP contribution in [0.3, 0.4) is 0 Å². The lowest BCUT2D eigenvalue weighted by Crippen LogP contribution is -2.09. The normalized spacial score (nSPS) is 11.4. The number of benzene rings is 2. The molecule has 3 aromatic rings. The number of ketones is 1. The van der Waals surface area contributed by atoms with E-state index in [1.807, 2.05) is 0 Å². The Hall–Kier alpha value is -3.99. The van der Waals surface area contributed by atoms with E-state index in [0.717, 1.165) is 41.7 Å². The third-order valence-corrected chi connectivity index (χ3v) is 5.56. The average Bonchev–Trinajstić information content (AvgIpc) is 3.14. The van der Waals surface area contributed by atoms with Gasteiger partial charge in [-0.25, -0.2) is 13.6 Å². The van der Waals surface area contributed by atoms with Gasteiger partial charge in [-0.2, -0.15) is 0 Å². The predicted octanol–water partition coefficient (Wildman–Crippen LogP) is 4.70. The fourth-order valence-electron chi connectivity index (χ4n) is 2.85. The highest BCUT2D eigenvalue weighted by atomic mass is 32.1. The molecule has 0 bridgehead atoms. The lowest BCUT2D eigenvalue weighted by Gasteiger charge is -2.04. The van der Waals surface area contributed by atoms with Crippen LogP contribution in [0, 0.1) is 21.7 Å². The number of rotatable bonds is 7. The molecule has 0 radical (unpaired) electrons. The first-order valence-corrected chi connectivity index (χ1v) is 9.80. The molecule has 164 valence electrons. The zero-order valence-corrected chi connectivity index (χ0v) is 17.2. The van der Waals surface area contributed by atoms with Crippen molar-refractivity contribution >= 4 is 34.5 Å². The summed E-state index contributed by atoms with van der Waals surface area (Å²) in [6.45, 7) is 1.12. The number of hydrogen-bond acceptors (Lipinski definition) is 7. The highest BCUT2D eigenvalue weighted by Crippen LogP contribution is 2.39. The molecule has 0 aliphatic carbocycles. The molecule has 8 nitrogen and oxygen atoms in total. The summed E-state index contributed by atoms with van der Waals surface area (Å²) >= 11 is 1.08. The van der Waals surface area contributed by atoms with Crippen molar-refractivity contribution in [2.24, 2.45) is 4.99 Å². The van der Waals surface area contributed by atoms with Crippen LogP contribution in [0.25, 0.3) is 10.4 Å². The molecule has 1 aromatic heterocycles. The molecular formula is C21H14F2N2O6S. The van der Waals surface area contributed by atoms with Gasteiger partial charge in [0.1, 0.15) is 17.9 Å². The van der Waals surface area contributed by atoms with Crippen LogP contribution < -0.4 is 0 Å². The molecule has 0 unspecified atom stereocenters. The van der Waals surface area contributed by atoms with Crippen molar-refractivity contribution in [2.45, 2.75) is 6.92 Å². The van der Waals surface area contributed by atoms with Gasteiger partial charge >= 0.3 is 5.97 Å². The third-order valence-electron chi connectivity index (χ3n) is 4.54. The second-order valence-corrected chi connectivity index (χ2v) is 7.45. The molecular weight excluding hydrogens is 446 g/mol. The summed E-state index contributed by atoms with van der Waals surface area (Å²) in [5.74, 6) is -4.38. The zero-order valence-electron chi connectivity index (χ0n) is 16.3. The van der Waals surface area contributed by atoms with Crippen molar-refractivity contribution in [3.63, 3.8) is 0 Å². The molecule has 2 aromatic carbocycles. The Balaban J connectivity index is 1.83. The Morgan fingerprint density at radius 2 is 1.84 bits per heavy atom. The van der Waals surface area contributed by atoms with Gasteiger partial charge in [0.25, 0.3) is 5.69 Å². The Labute approximate surface area is 183 Å². The van der Waals surface area contributed by atoms with Gasteiger partial charge in [0, 0.05) is 28.3 Å². The van der Waals surface area contributed by atoms with Crippen LogP contribution in [0.2, 0.25) is 0 Å². The number of halogens is 2. The van der Waals surface area contributed by atoms with Gasteiger partial charge in [-0.05, 0) is 36.8 Å². The van der Waals surface area contributed by atoms with Crippen molar-refractivity contribution < 1.29 is 33.5 Å². The number of nitro groups is 1. The van der Waals surface area contributed by atoms with Gasteiger partial charge in [0.2, 0.25) is 0 Å². The molecule has 0 saturated carbocycles. The minimum absolute atomic E-state index is 0.0877. The number of nitro benzene ring substituents is 1. The average molecular weight is 460 g/mol. The molecule has 2 N–H and O–H groups in total. The SMILES string of the molecule is CC(=NCC(=O)c1ccc(C(=O)O)c([N+](=O)[O-])c1)c1csc(-c2ccc(F)c(F)c2)c1O. The summed E-state index contributed by atoms with van der Waals surface area (Å²) in [4.78, 5) is 38.1. The quantitative estimate of drug-likeness (QED) is 0.228. The van der Waals surface area contributed by atoms with E-state index in [4.69, 9.17) is 5.11 Å². The van der Waals surface area contributed by atoms with Crippen LogP contribution in [0.15, 0.2) is 46.8 Å². The molecule has 3 rings (SSSR count). The maximum atomic E-state index is 13.5. The van der Waals surface area contributed by atoms with Gasteiger partial charge in [-0.3, -0.25) is 19.9 Å². The van der Waals surface area contributed by atoms with Gasteiger partial charge in [0.05, 0.1) is 9.80 Å². The van der Waals surface area contributed by atoms with Crippen LogP contribution in [-0.2, 0) is 0 Å². The lowest BCUT2D eigenvalue weighted by molar-refractivity contribution is -0.385. The Morgan fingerprint density at radius 3 is 2.47 bits per heavy atom. The molecule has 0 spiro atoms. The fourth-order valence-corrected chi connectivity index (χ4v) is 3.86. The number of thiophene rings is 1. The van der Waals surface area contributed by atoms with E-state index in [0.29, 0.717) is 4.88 Å². The molecule has 0 aliphatic heterocycles. The summed E-state index contributed by atoms with van der Waals surface area (Å²) < 4.78 is 26.6. The predicted molar refractivity (Wildman–Crippen MR) is 113 cm³/mol. The molecule has 0 atom stereocenters. The lowest BCUT2D eigenvalue weighted by atomic mass is 10.1. The molecule has 0 saturated heterocycles. The van der Waals surface area contributed by atoms with Crippen molar-refractivity contribution in [1.29, 1.82) is 0 Å². The van der Waals surface area contributed by atoms with E-state index >= 15 is 0 Å². The second kappa shape index (κ2) is 9.02. The summed E-state index contributed by atoms with van der Waals surface area (Å²) in [5, 5.41) is 32.1. The number of hydrogen-bond donors (Lipinski definition) is 2. The first-order chi connectivity index (χ1) is 15.1. The zero-order chi connectivity index (χ0) is 23.6. The third kappa shape index (κ3) is 4.52. The number of aromatic hydroxyl groups is 1. The standard InChI is InChI=1S/C21H14F2N2O6S/c1-10(14-9-32-20(19(14)27)12-3-5-15(22)16(23)6-12)24-8-18(26)11-2-4-13(21(28)29)17(7-11)25(30)31/h2-7,9,27H,8H2,1H3,(H,28,29).